The summed E-state index contributed by atoms with van der Waals surface area (Å²) in [6.07, 6.45) is 5.46. The molecule has 1 heterocycles. The van der Waals surface area contributed by atoms with Crippen molar-refractivity contribution in [3.05, 3.63) is 28.0 Å². The van der Waals surface area contributed by atoms with Gasteiger partial charge in [-0.2, -0.15) is 11.8 Å². The molecule has 1 aromatic heterocycles. The number of alkyl halides is 1. The van der Waals surface area contributed by atoms with Crippen molar-refractivity contribution in [2.24, 2.45) is 0 Å². The van der Waals surface area contributed by atoms with Crippen LogP contribution in [-0.2, 0) is 13.0 Å². The Morgan fingerprint density at radius 2 is 2.00 bits per heavy atom. The maximum atomic E-state index is 6.16. The largest absolute Gasteiger partial charge is 0.326 e. The summed E-state index contributed by atoms with van der Waals surface area (Å²) >= 11 is 20.1. The van der Waals surface area contributed by atoms with Crippen LogP contribution in [0, 0.1) is 0 Å². The maximum absolute atomic E-state index is 6.16. The molecular formula is C14H15Cl3N2S. The monoisotopic (exact) mass is 348 g/mol. The lowest BCUT2D eigenvalue weighted by atomic mass is 10.3. The highest BCUT2D eigenvalue weighted by Gasteiger charge is 2.42. The standard InChI is InChI=1S/C14H15Cl3N2S/c1-20-14(3-4-14)8-19-12-7-10(17)9(16)6-11(12)18-13(19)2-5-15/h6-7H,2-5,8H2,1H3. The van der Waals surface area contributed by atoms with Crippen molar-refractivity contribution in [3.63, 3.8) is 0 Å². The van der Waals surface area contributed by atoms with Crippen LogP contribution >= 0.6 is 46.6 Å². The molecule has 0 aliphatic heterocycles. The zero-order chi connectivity index (χ0) is 14.3. The van der Waals surface area contributed by atoms with Gasteiger partial charge in [-0.3, -0.25) is 0 Å². The van der Waals surface area contributed by atoms with E-state index in [2.05, 4.69) is 15.8 Å². The number of hydrogen-bond donors (Lipinski definition) is 0. The normalized spacial score (nSPS) is 16.8. The van der Waals surface area contributed by atoms with E-state index in [0.717, 1.165) is 29.8 Å². The third kappa shape index (κ3) is 2.66. The van der Waals surface area contributed by atoms with Gasteiger partial charge in [-0.15, -0.1) is 11.6 Å². The van der Waals surface area contributed by atoms with Crippen LogP contribution in [0.3, 0.4) is 0 Å². The molecule has 0 N–H and O–H groups in total. The Balaban J connectivity index is 2.10. The van der Waals surface area contributed by atoms with Crippen LogP contribution in [0.4, 0.5) is 0 Å². The van der Waals surface area contributed by atoms with Crippen molar-refractivity contribution in [1.82, 2.24) is 9.55 Å². The minimum absolute atomic E-state index is 0.362. The van der Waals surface area contributed by atoms with E-state index in [9.17, 15) is 0 Å². The summed E-state index contributed by atoms with van der Waals surface area (Å²) in [6, 6.07) is 3.76. The van der Waals surface area contributed by atoms with Crippen LogP contribution in [0.1, 0.15) is 18.7 Å². The van der Waals surface area contributed by atoms with E-state index in [0.29, 0.717) is 20.7 Å². The molecule has 1 saturated carbocycles. The van der Waals surface area contributed by atoms with Crippen LogP contribution in [0.25, 0.3) is 11.0 Å². The number of aromatic nitrogens is 2. The first-order chi connectivity index (χ1) is 9.58. The van der Waals surface area contributed by atoms with Gasteiger partial charge in [-0.1, -0.05) is 23.2 Å². The zero-order valence-corrected chi connectivity index (χ0v) is 14.2. The molecule has 108 valence electrons. The molecule has 6 heteroatoms. The number of thioether (sulfide) groups is 1. The van der Waals surface area contributed by atoms with Gasteiger partial charge in [0.1, 0.15) is 5.82 Å². The predicted octanol–water partition coefficient (Wildman–Crippen LogP) is 5.02. The predicted molar refractivity (Wildman–Crippen MR) is 89.7 cm³/mol. The second kappa shape index (κ2) is 5.60. The van der Waals surface area contributed by atoms with Gasteiger partial charge >= 0.3 is 0 Å². The van der Waals surface area contributed by atoms with E-state index in [1.807, 2.05) is 23.9 Å². The molecule has 1 fully saturated rings. The molecule has 20 heavy (non-hydrogen) atoms. The average molecular weight is 350 g/mol. The van der Waals surface area contributed by atoms with Gasteiger partial charge < -0.3 is 4.57 Å². The number of imidazole rings is 1. The van der Waals surface area contributed by atoms with Gasteiger partial charge in [0.15, 0.2) is 0 Å². The Bertz CT molecular complexity index is 649. The third-order valence-electron chi connectivity index (χ3n) is 3.87. The number of halogens is 3. The van der Waals surface area contributed by atoms with Gasteiger partial charge in [0.05, 0.1) is 21.1 Å². The lowest BCUT2D eigenvalue weighted by Crippen LogP contribution is -2.16. The van der Waals surface area contributed by atoms with Crippen molar-refractivity contribution in [2.45, 2.75) is 30.6 Å². The van der Waals surface area contributed by atoms with Gasteiger partial charge in [0.25, 0.3) is 0 Å². The Morgan fingerprint density at radius 1 is 1.30 bits per heavy atom. The third-order valence-corrected chi connectivity index (χ3v) is 6.19. The summed E-state index contributed by atoms with van der Waals surface area (Å²) in [5.74, 6) is 1.59. The van der Waals surface area contributed by atoms with Gasteiger partial charge in [-0.25, -0.2) is 4.98 Å². The zero-order valence-electron chi connectivity index (χ0n) is 11.1. The summed E-state index contributed by atoms with van der Waals surface area (Å²) in [7, 11) is 0. The Morgan fingerprint density at radius 3 is 2.60 bits per heavy atom. The van der Waals surface area contributed by atoms with E-state index in [1.54, 1.807) is 0 Å². The highest BCUT2D eigenvalue weighted by atomic mass is 35.5. The summed E-state index contributed by atoms with van der Waals surface area (Å²) < 4.78 is 2.63. The molecule has 0 amide bonds. The molecule has 0 unspecified atom stereocenters. The number of nitrogens with zero attached hydrogens (tertiary/aromatic N) is 2. The van der Waals surface area contributed by atoms with Crippen LogP contribution in [0.5, 0.6) is 0 Å². The van der Waals surface area contributed by atoms with Crippen LogP contribution in [0.2, 0.25) is 10.0 Å². The first kappa shape index (κ1) is 14.8. The fourth-order valence-corrected chi connectivity index (χ4v) is 3.73. The number of hydrogen-bond acceptors (Lipinski definition) is 2. The lowest BCUT2D eigenvalue weighted by Gasteiger charge is -2.16. The van der Waals surface area contributed by atoms with E-state index in [-0.39, 0.29) is 0 Å². The van der Waals surface area contributed by atoms with Crippen molar-refractivity contribution >= 4 is 57.6 Å². The van der Waals surface area contributed by atoms with Crippen LogP contribution in [0.15, 0.2) is 12.1 Å². The number of fused-ring (bicyclic) bond motifs is 1. The van der Waals surface area contributed by atoms with Crippen LogP contribution < -0.4 is 0 Å². The van der Waals surface area contributed by atoms with Crippen molar-refractivity contribution in [1.29, 1.82) is 0 Å². The van der Waals surface area contributed by atoms with Gasteiger partial charge in [-0.05, 0) is 31.2 Å². The van der Waals surface area contributed by atoms with Gasteiger partial charge in [0, 0.05) is 23.6 Å². The molecule has 2 nitrogen and oxygen atoms in total. The molecule has 1 aliphatic rings. The highest BCUT2D eigenvalue weighted by molar-refractivity contribution is 8.00. The van der Waals surface area contributed by atoms with Gasteiger partial charge in [0.2, 0.25) is 0 Å². The van der Waals surface area contributed by atoms with Crippen molar-refractivity contribution in [2.75, 3.05) is 12.1 Å². The molecule has 0 atom stereocenters. The Labute approximate surface area is 137 Å². The maximum Gasteiger partial charge on any atom is 0.111 e. The topological polar surface area (TPSA) is 17.8 Å². The van der Waals surface area contributed by atoms with E-state index >= 15 is 0 Å². The quantitative estimate of drug-likeness (QED) is 0.705. The molecule has 3 rings (SSSR count). The first-order valence-corrected chi connectivity index (χ1v) is 9.05. The van der Waals surface area contributed by atoms with Crippen molar-refractivity contribution < 1.29 is 0 Å². The average Bonchev–Trinajstić information content (AvgIpc) is 3.13. The number of aryl methyl sites for hydroxylation is 1. The summed E-state index contributed by atoms with van der Waals surface area (Å²) in [4.78, 5) is 4.68. The second-order valence-electron chi connectivity index (χ2n) is 5.20. The number of benzene rings is 1. The smallest absolute Gasteiger partial charge is 0.111 e. The molecule has 1 aliphatic carbocycles. The Kier molecular flexibility index (Phi) is 4.15. The molecule has 0 saturated heterocycles. The van der Waals surface area contributed by atoms with E-state index in [1.165, 1.54) is 12.8 Å². The lowest BCUT2D eigenvalue weighted by molar-refractivity contribution is 0.645. The second-order valence-corrected chi connectivity index (χ2v) is 7.66. The first-order valence-electron chi connectivity index (χ1n) is 6.54. The van der Waals surface area contributed by atoms with Crippen molar-refractivity contribution in [3.8, 4) is 0 Å². The molecule has 0 spiro atoms. The fourth-order valence-electron chi connectivity index (χ4n) is 2.48. The molecule has 1 aromatic carbocycles. The highest BCUT2D eigenvalue weighted by Crippen LogP contribution is 2.49. The summed E-state index contributed by atoms with van der Waals surface area (Å²) in [5.41, 5.74) is 1.95. The minimum Gasteiger partial charge on any atom is -0.326 e. The molecule has 2 aromatic rings. The number of rotatable bonds is 5. The Hall–Kier alpha value is -0.0900. The summed E-state index contributed by atoms with van der Waals surface area (Å²) in [5, 5.41) is 1.12. The van der Waals surface area contributed by atoms with E-state index < -0.39 is 0 Å². The molecule has 0 bridgehead atoms. The SMILES string of the molecule is CSC1(Cn2c(CCCl)nc3cc(Cl)c(Cl)cc32)CC1. The molecule has 0 radical (unpaired) electrons. The molecular weight excluding hydrogens is 335 g/mol. The van der Waals surface area contributed by atoms with Crippen LogP contribution in [-0.4, -0.2) is 26.4 Å². The summed E-state index contributed by atoms with van der Waals surface area (Å²) in [6.45, 7) is 0.967. The minimum atomic E-state index is 0.362. The van der Waals surface area contributed by atoms with E-state index in [4.69, 9.17) is 34.8 Å². The fraction of sp³-hybridized carbons (Fsp3) is 0.500.